The summed E-state index contributed by atoms with van der Waals surface area (Å²) in [7, 11) is -1.69. The van der Waals surface area contributed by atoms with E-state index < -0.39 is 10.0 Å². The standard InChI is InChI=1S/C13H24N4O2S/c1-4-5-8-17(11-6-7-11)20(18,19)13-12(9-14-3)10(2)15-16-13/h11,14H,4-9H2,1-3H3,(H,15,16). The second-order valence-corrected chi connectivity index (χ2v) is 7.17. The predicted molar refractivity (Wildman–Crippen MR) is 77.9 cm³/mol. The minimum atomic E-state index is -3.49. The van der Waals surface area contributed by atoms with Crippen LogP contribution in [0, 0.1) is 6.92 Å². The summed E-state index contributed by atoms with van der Waals surface area (Å²) in [6.45, 7) is 5.02. The van der Waals surface area contributed by atoms with Gasteiger partial charge in [-0.05, 0) is 33.2 Å². The summed E-state index contributed by atoms with van der Waals surface area (Å²) in [6, 6.07) is 0.172. The minimum Gasteiger partial charge on any atom is -0.316 e. The molecule has 114 valence electrons. The summed E-state index contributed by atoms with van der Waals surface area (Å²) in [6.07, 6.45) is 3.81. The quantitative estimate of drug-likeness (QED) is 0.760. The van der Waals surface area contributed by atoms with Gasteiger partial charge in [0.05, 0.1) is 0 Å². The van der Waals surface area contributed by atoms with Crippen LogP contribution in [0.3, 0.4) is 0 Å². The van der Waals surface area contributed by atoms with Gasteiger partial charge in [-0.25, -0.2) is 8.42 Å². The molecule has 0 aromatic carbocycles. The lowest BCUT2D eigenvalue weighted by atomic mass is 10.3. The van der Waals surface area contributed by atoms with Gasteiger partial charge in [0.15, 0.2) is 5.03 Å². The van der Waals surface area contributed by atoms with Gasteiger partial charge >= 0.3 is 0 Å². The Kier molecular flexibility index (Phi) is 4.82. The second-order valence-electron chi connectivity index (χ2n) is 5.36. The summed E-state index contributed by atoms with van der Waals surface area (Å²) < 4.78 is 27.3. The van der Waals surface area contributed by atoms with E-state index in [1.165, 1.54) is 0 Å². The van der Waals surface area contributed by atoms with Crippen molar-refractivity contribution in [1.82, 2.24) is 19.8 Å². The number of hydrogen-bond donors (Lipinski definition) is 2. The number of hydrogen-bond acceptors (Lipinski definition) is 4. The van der Waals surface area contributed by atoms with E-state index in [2.05, 4.69) is 22.4 Å². The average molecular weight is 300 g/mol. The molecule has 2 N–H and O–H groups in total. The molecule has 1 aliphatic rings. The molecule has 1 heterocycles. The third-order valence-corrected chi connectivity index (χ3v) is 5.55. The SMILES string of the molecule is CCCCN(C1CC1)S(=O)(=O)c1n[nH]c(C)c1CNC. The summed E-state index contributed by atoms with van der Waals surface area (Å²) >= 11 is 0. The van der Waals surface area contributed by atoms with E-state index >= 15 is 0 Å². The summed E-state index contributed by atoms with van der Waals surface area (Å²) in [4.78, 5) is 0. The van der Waals surface area contributed by atoms with E-state index in [4.69, 9.17) is 0 Å². The highest BCUT2D eigenvalue weighted by Crippen LogP contribution is 2.33. The van der Waals surface area contributed by atoms with Crippen molar-refractivity contribution in [3.63, 3.8) is 0 Å². The smallest absolute Gasteiger partial charge is 0.262 e. The number of aromatic amines is 1. The molecule has 6 nitrogen and oxygen atoms in total. The Balaban J connectivity index is 2.32. The third-order valence-electron chi connectivity index (χ3n) is 3.63. The fourth-order valence-electron chi connectivity index (χ4n) is 2.31. The van der Waals surface area contributed by atoms with Crippen molar-refractivity contribution in [2.45, 2.75) is 57.1 Å². The van der Waals surface area contributed by atoms with Crippen molar-refractivity contribution >= 4 is 10.0 Å². The number of unbranched alkanes of at least 4 members (excludes halogenated alkanes) is 1. The zero-order valence-electron chi connectivity index (χ0n) is 12.4. The van der Waals surface area contributed by atoms with Gasteiger partial charge in [-0.1, -0.05) is 13.3 Å². The van der Waals surface area contributed by atoms with Gasteiger partial charge in [0, 0.05) is 30.4 Å². The van der Waals surface area contributed by atoms with E-state index in [9.17, 15) is 8.42 Å². The van der Waals surface area contributed by atoms with Crippen molar-refractivity contribution in [3.05, 3.63) is 11.3 Å². The lowest BCUT2D eigenvalue weighted by Crippen LogP contribution is -2.35. The fraction of sp³-hybridized carbons (Fsp3) is 0.769. The zero-order chi connectivity index (χ0) is 14.8. The van der Waals surface area contributed by atoms with Crippen LogP contribution < -0.4 is 5.32 Å². The van der Waals surface area contributed by atoms with E-state index in [0.29, 0.717) is 13.1 Å². The largest absolute Gasteiger partial charge is 0.316 e. The molecule has 2 rings (SSSR count). The number of rotatable bonds is 8. The molecule has 0 aliphatic heterocycles. The van der Waals surface area contributed by atoms with Crippen LogP contribution >= 0.6 is 0 Å². The molecular weight excluding hydrogens is 276 g/mol. The molecule has 0 radical (unpaired) electrons. The number of nitrogens with one attached hydrogen (secondary N) is 2. The third kappa shape index (κ3) is 3.05. The number of sulfonamides is 1. The molecule has 0 amide bonds. The molecule has 0 spiro atoms. The van der Waals surface area contributed by atoms with E-state index in [0.717, 1.165) is 36.9 Å². The van der Waals surface area contributed by atoms with Crippen LogP contribution in [0.2, 0.25) is 0 Å². The second kappa shape index (κ2) is 6.24. The highest BCUT2D eigenvalue weighted by atomic mass is 32.2. The van der Waals surface area contributed by atoms with Crippen LogP contribution in [0.15, 0.2) is 5.03 Å². The topological polar surface area (TPSA) is 78.1 Å². The van der Waals surface area contributed by atoms with Gasteiger partial charge in [0.25, 0.3) is 10.0 Å². The first-order valence-corrected chi connectivity index (χ1v) is 8.66. The highest BCUT2D eigenvalue weighted by Gasteiger charge is 2.39. The molecule has 0 atom stereocenters. The average Bonchev–Trinajstić information content (AvgIpc) is 3.16. The van der Waals surface area contributed by atoms with Crippen molar-refractivity contribution in [2.24, 2.45) is 0 Å². The van der Waals surface area contributed by atoms with E-state index in [1.54, 1.807) is 11.4 Å². The van der Waals surface area contributed by atoms with Crippen LogP contribution in [0.5, 0.6) is 0 Å². The van der Waals surface area contributed by atoms with Gasteiger partial charge in [0.2, 0.25) is 0 Å². The number of aryl methyl sites for hydroxylation is 1. The normalized spacial score (nSPS) is 16.0. The molecule has 1 aromatic heterocycles. The summed E-state index contributed by atoms with van der Waals surface area (Å²) in [5, 5.41) is 10.0. The Morgan fingerprint density at radius 2 is 2.15 bits per heavy atom. The Morgan fingerprint density at radius 1 is 1.45 bits per heavy atom. The van der Waals surface area contributed by atoms with Crippen LogP contribution in [-0.2, 0) is 16.6 Å². The van der Waals surface area contributed by atoms with Crippen molar-refractivity contribution in [1.29, 1.82) is 0 Å². The van der Waals surface area contributed by atoms with Gasteiger partial charge < -0.3 is 5.32 Å². The van der Waals surface area contributed by atoms with Crippen molar-refractivity contribution in [2.75, 3.05) is 13.6 Å². The molecule has 1 saturated carbocycles. The van der Waals surface area contributed by atoms with Gasteiger partial charge in [0.1, 0.15) is 0 Å². The van der Waals surface area contributed by atoms with Crippen molar-refractivity contribution < 1.29 is 8.42 Å². The lowest BCUT2D eigenvalue weighted by Gasteiger charge is -2.21. The molecule has 7 heteroatoms. The molecule has 0 unspecified atom stereocenters. The van der Waals surface area contributed by atoms with Crippen LogP contribution in [0.25, 0.3) is 0 Å². The maximum absolute atomic E-state index is 12.8. The van der Waals surface area contributed by atoms with Gasteiger partial charge in [-0.3, -0.25) is 5.10 Å². The van der Waals surface area contributed by atoms with Crippen LogP contribution in [0.1, 0.15) is 43.9 Å². The van der Waals surface area contributed by atoms with E-state index in [-0.39, 0.29) is 11.1 Å². The Bertz CT molecular complexity index is 549. The molecule has 1 fully saturated rings. The minimum absolute atomic E-state index is 0.172. The Morgan fingerprint density at radius 3 is 2.70 bits per heavy atom. The Hall–Kier alpha value is -0.920. The number of H-pyrrole nitrogens is 1. The maximum atomic E-state index is 12.8. The number of aromatic nitrogens is 2. The van der Waals surface area contributed by atoms with Crippen molar-refractivity contribution in [3.8, 4) is 0 Å². The first kappa shape index (κ1) is 15.5. The maximum Gasteiger partial charge on any atom is 0.262 e. The summed E-state index contributed by atoms with van der Waals surface area (Å²) in [5.41, 5.74) is 1.55. The Labute approximate surface area is 121 Å². The zero-order valence-corrected chi connectivity index (χ0v) is 13.3. The van der Waals surface area contributed by atoms with Gasteiger partial charge in [-0.15, -0.1) is 0 Å². The molecular formula is C13H24N4O2S. The van der Waals surface area contributed by atoms with Crippen LogP contribution in [-0.4, -0.2) is 42.6 Å². The predicted octanol–water partition coefficient (Wildman–Crippen LogP) is 1.39. The lowest BCUT2D eigenvalue weighted by molar-refractivity contribution is 0.393. The molecule has 1 aromatic rings. The first-order chi connectivity index (χ1) is 9.52. The highest BCUT2D eigenvalue weighted by molar-refractivity contribution is 7.89. The van der Waals surface area contributed by atoms with Gasteiger partial charge in [-0.2, -0.15) is 9.40 Å². The monoisotopic (exact) mass is 300 g/mol. The molecule has 0 bridgehead atoms. The van der Waals surface area contributed by atoms with Crippen LogP contribution in [0.4, 0.5) is 0 Å². The molecule has 20 heavy (non-hydrogen) atoms. The first-order valence-electron chi connectivity index (χ1n) is 7.22. The van der Waals surface area contributed by atoms with E-state index in [1.807, 2.05) is 6.92 Å². The molecule has 1 aliphatic carbocycles. The fourth-order valence-corrected chi connectivity index (χ4v) is 4.21. The summed E-state index contributed by atoms with van der Waals surface area (Å²) in [5.74, 6) is 0. The molecule has 0 saturated heterocycles. The number of nitrogens with zero attached hydrogens (tertiary/aromatic N) is 2.